The number of ether oxygens (including phenoxy) is 1. The third-order valence-corrected chi connectivity index (χ3v) is 10.7. The molecule has 1 unspecified atom stereocenters. The van der Waals surface area contributed by atoms with Gasteiger partial charge in [-0.3, -0.25) is 14.7 Å². The highest BCUT2D eigenvalue weighted by molar-refractivity contribution is 6.03. The Morgan fingerprint density at radius 2 is 1.88 bits per heavy atom. The molecule has 2 aromatic heterocycles. The van der Waals surface area contributed by atoms with Gasteiger partial charge in [0, 0.05) is 72.8 Å². The molecule has 0 aliphatic carbocycles. The number of hydrogen-bond donors (Lipinski definition) is 0. The van der Waals surface area contributed by atoms with Gasteiger partial charge < -0.3 is 14.5 Å². The predicted octanol–water partition coefficient (Wildman–Crippen LogP) is 6.97. The standard InChI is InChI=1S/C41H37F3N6O2/c1-3-27-9-6-10-28-11-7-13-31(35(27)28)32-14-15-33-37(36(32)44)46-40(52-25-41-16-8-18-49(41)24-29(42)22-41)47-38(33)50-20-19-48(23-26(50)2)39(51)34(43)21-30-12-4-5-17-45-30/h1,4-7,9-15,17,21,26,29H,8,16,18-20,22-25H2,2H3/b34-21-/t26-,29?,41-/m0/s1. The molecule has 5 aromatic rings. The zero-order chi connectivity index (χ0) is 36.0. The Balaban J connectivity index is 1.17. The van der Waals surface area contributed by atoms with Crippen molar-refractivity contribution in [1.29, 1.82) is 0 Å². The molecule has 0 spiro atoms. The fraction of sp³-hybridized carbons (Fsp3) is 0.317. The van der Waals surface area contributed by atoms with Crippen molar-refractivity contribution in [3.05, 3.63) is 95.8 Å². The van der Waals surface area contributed by atoms with Crippen molar-refractivity contribution in [2.24, 2.45) is 0 Å². The number of terminal acetylenes is 1. The van der Waals surface area contributed by atoms with E-state index in [1.165, 1.54) is 11.1 Å². The SMILES string of the molecule is C#Cc1cccc2cccc(-c3ccc4c(N5CCN(C(=O)/C(F)=C/c6ccccn6)C[C@@H]5C)nc(OC[C@@]56CCCN5CC(F)C6)nc4c3F)c12. The van der Waals surface area contributed by atoms with Crippen LogP contribution in [0.15, 0.2) is 78.8 Å². The fourth-order valence-corrected chi connectivity index (χ4v) is 8.21. The van der Waals surface area contributed by atoms with Gasteiger partial charge >= 0.3 is 6.01 Å². The van der Waals surface area contributed by atoms with E-state index in [2.05, 4.69) is 20.8 Å². The number of pyridine rings is 1. The summed E-state index contributed by atoms with van der Waals surface area (Å²) in [4.78, 5) is 32.3. The molecule has 52 heavy (non-hydrogen) atoms. The molecule has 8 rings (SSSR count). The Kier molecular flexibility index (Phi) is 8.79. The smallest absolute Gasteiger partial charge is 0.319 e. The molecule has 0 radical (unpaired) electrons. The lowest BCUT2D eigenvalue weighted by Gasteiger charge is -2.40. The Morgan fingerprint density at radius 1 is 1.04 bits per heavy atom. The number of carbonyl (C=O) groups is 1. The highest BCUT2D eigenvalue weighted by Crippen LogP contribution is 2.41. The van der Waals surface area contributed by atoms with E-state index in [1.807, 2.05) is 48.2 Å². The maximum atomic E-state index is 17.0. The van der Waals surface area contributed by atoms with Gasteiger partial charge in [0.1, 0.15) is 24.1 Å². The normalized spacial score (nSPS) is 22.2. The molecule has 3 saturated heterocycles. The summed E-state index contributed by atoms with van der Waals surface area (Å²) in [5.74, 6) is 0.985. The predicted molar refractivity (Wildman–Crippen MR) is 196 cm³/mol. The molecule has 264 valence electrons. The largest absolute Gasteiger partial charge is 0.461 e. The van der Waals surface area contributed by atoms with Gasteiger partial charge in [-0.15, -0.1) is 6.42 Å². The Bertz CT molecular complexity index is 2250. The van der Waals surface area contributed by atoms with Crippen molar-refractivity contribution in [3.8, 4) is 29.5 Å². The summed E-state index contributed by atoms with van der Waals surface area (Å²) < 4.78 is 53.0. The van der Waals surface area contributed by atoms with Gasteiger partial charge in [0.2, 0.25) is 0 Å². The molecule has 3 aliphatic heterocycles. The molecule has 0 bridgehead atoms. The fourth-order valence-electron chi connectivity index (χ4n) is 8.21. The molecule has 3 aromatic carbocycles. The number of benzene rings is 3. The first-order valence-electron chi connectivity index (χ1n) is 17.6. The molecular weight excluding hydrogens is 665 g/mol. The second kappa shape index (κ2) is 13.6. The molecule has 0 N–H and O–H groups in total. The van der Waals surface area contributed by atoms with Gasteiger partial charge in [-0.25, -0.2) is 13.2 Å². The van der Waals surface area contributed by atoms with Gasteiger partial charge in [-0.2, -0.15) is 9.97 Å². The molecule has 5 heterocycles. The van der Waals surface area contributed by atoms with Crippen LogP contribution in [0.25, 0.3) is 38.9 Å². The number of aromatic nitrogens is 3. The summed E-state index contributed by atoms with van der Waals surface area (Å²) >= 11 is 0. The van der Waals surface area contributed by atoms with Crippen LogP contribution in [0.2, 0.25) is 0 Å². The highest BCUT2D eigenvalue weighted by Gasteiger charge is 2.49. The van der Waals surface area contributed by atoms with Gasteiger partial charge in [0.15, 0.2) is 11.6 Å². The van der Waals surface area contributed by atoms with Crippen LogP contribution < -0.4 is 9.64 Å². The zero-order valence-corrected chi connectivity index (χ0v) is 28.7. The average Bonchev–Trinajstić information content (AvgIpc) is 3.69. The number of fused-ring (bicyclic) bond motifs is 3. The van der Waals surface area contributed by atoms with Crippen LogP contribution >= 0.6 is 0 Å². The van der Waals surface area contributed by atoms with E-state index in [0.717, 1.165) is 36.2 Å². The first kappa shape index (κ1) is 33.7. The minimum atomic E-state index is -0.936. The Labute approximate surface area is 299 Å². The summed E-state index contributed by atoms with van der Waals surface area (Å²) in [6, 6.07) is 19.5. The second-order valence-electron chi connectivity index (χ2n) is 13.9. The minimum Gasteiger partial charge on any atom is -0.461 e. The van der Waals surface area contributed by atoms with Crippen molar-refractivity contribution in [2.75, 3.05) is 44.2 Å². The van der Waals surface area contributed by atoms with Crippen molar-refractivity contribution in [2.45, 2.75) is 43.9 Å². The number of halogens is 3. The van der Waals surface area contributed by atoms with E-state index in [-0.39, 0.29) is 37.3 Å². The summed E-state index contributed by atoms with van der Waals surface area (Å²) in [6.45, 7) is 3.96. The van der Waals surface area contributed by atoms with Crippen LogP contribution in [0.5, 0.6) is 6.01 Å². The van der Waals surface area contributed by atoms with Gasteiger partial charge in [0.05, 0.1) is 11.2 Å². The number of amides is 1. The lowest BCUT2D eigenvalue weighted by molar-refractivity contribution is -0.129. The van der Waals surface area contributed by atoms with Gasteiger partial charge in [0.25, 0.3) is 5.91 Å². The second-order valence-corrected chi connectivity index (χ2v) is 13.9. The van der Waals surface area contributed by atoms with Crippen LogP contribution in [-0.2, 0) is 4.79 Å². The van der Waals surface area contributed by atoms with Crippen molar-refractivity contribution >= 4 is 39.5 Å². The summed E-state index contributed by atoms with van der Waals surface area (Å²) in [5, 5.41) is 2.11. The van der Waals surface area contributed by atoms with Gasteiger partial charge in [-0.1, -0.05) is 48.4 Å². The maximum Gasteiger partial charge on any atom is 0.319 e. The lowest BCUT2D eigenvalue weighted by Crippen LogP contribution is -2.54. The van der Waals surface area contributed by atoms with Crippen LogP contribution in [0, 0.1) is 18.2 Å². The van der Waals surface area contributed by atoms with Gasteiger partial charge in [-0.05, 0) is 61.5 Å². The van der Waals surface area contributed by atoms with Crippen molar-refractivity contribution in [3.63, 3.8) is 0 Å². The molecular formula is C41H37F3N6O2. The summed E-state index contributed by atoms with van der Waals surface area (Å²) in [7, 11) is 0. The van der Waals surface area contributed by atoms with E-state index < -0.39 is 29.3 Å². The molecule has 1 amide bonds. The van der Waals surface area contributed by atoms with E-state index >= 15 is 8.78 Å². The van der Waals surface area contributed by atoms with Crippen LogP contribution in [0.3, 0.4) is 0 Å². The van der Waals surface area contributed by atoms with E-state index in [0.29, 0.717) is 53.1 Å². The number of alkyl halides is 1. The van der Waals surface area contributed by atoms with Crippen LogP contribution in [-0.4, -0.2) is 87.7 Å². The third-order valence-electron chi connectivity index (χ3n) is 10.7. The summed E-state index contributed by atoms with van der Waals surface area (Å²) in [6.07, 6.45) is 9.70. The number of nitrogens with zero attached hydrogens (tertiary/aromatic N) is 6. The third kappa shape index (κ3) is 6.01. The average molecular weight is 703 g/mol. The molecule has 11 heteroatoms. The molecule has 8 nitrogen and oxygen atoms in total. The Morgan fingerprint density at radius 3 is 2.67 bits per heavy atom. The van der Waals surface area contributed by atoms with E-state index in [4.69, 9.17) is 16.1 Å². The number of hydrogen-bond acceptors (Lipinski definition) is 7. The van der Waals surface area contributed by atoms with Crippen LogP contribution in [0.4, 0.5) is 19.0 Å². The highest BCUT2D eigenvalue weighted by atomic mass is 19.1. The lowest BCUT2D eigenvalue weighted by atomic mass is 9.93. The van der Waals surface area contributed by atoms with E-state index in [9.17, 15) is 9.18 Å². The molecule has 3 aliphatic rings. The number of rotatable bonds is 7. The Hall–Kier alpha value is -5.47. The minimum absolute atomic E-state index is 0.0145. The zero-order valence-electron chi connectivity index (χ0n) is 28.7. The summed E-state index contributed by atoms with van der Waals surface area (Å²) in [5.41, 5.74) is 1.56. The molecule has 0 saturated carbocycles. The quantitative estimate of drug-likeness (QED) is 0.134. The van der Waals surface area contributed by atoms with Crippen molar-refractivity contribution in [1.82, 2.24) is 24.8 Å². The monoisotopic (exact) mass is 702 g/mol. The number of anilines is 1. The first-order chi connectivity index (χ1) is 25.2. The number of piperazine rings is 1. The molecule has 3 fully saturated rings. The number of carbonyl (C=O) groups excluding carboxylic acids is 1. The topological polar surface area (TPSA) is 74.7 Å². The van der Waals surface area contributed by atoms with Crippen molar-refractivity contribution < 1.29 is 22.7 Å². The van der Waals surface area contributed by atoms with Crippen LogP contribution in [0.1, 0.15) is 37.4 Å². The first-order valence-corrected chi connectivity index (χ1v) is 17.6. The molecule has 3 atom stereocenters. The maximum absolute atomic E-state index is 17.0. The van der Waals surface area contributed by atoms with E-state index in [1.54, 1.807) is 30.3 Å².